The predicted octanol–water partition coefficient (Wildman–Crippen LogP) is 5.00. The van der Waals surface area contributed by atoms with Gasteiger partial charge in [0.25, 0.3) is 5.56 Å². The van der Waals surface area contributed by atoms with E-state index in [-0.39, 0.29) is 11.7 Å². The first-order valence-corrected chi connectivity index (χ1v) is 14.0. The van der Waals surface area contributed by atoms with Crippen LogP contribution in [0.25, 0.3) is 16.3 Å². The Hall–Kier alpha value is -3.16. The first-order valence-electron chi connectivity index (χ1n) is 14.0. The number of fused-ring (bicyclic) bond motifs is 1. The number of likely N-dealkylation sites (N-methyl/N-ethyl adjacent to an activating group) is 1. The lowest BCUT2D eigenvalue weighted by molar-refractivity contribution is 0.122. The van der Waals surface area contributed by atoms with Crippen molar-refractivity contribution >= 4 is 27.9 Å². The van der Waals surface area contributed by atoms with Crippen molar-refractivity contribution in [3.63, 3.8) is 0 Å². The van der Waals surface area contributed by atoms with Crippen molar-refractivity contribution < 1.29 is 5.11 Å². The van der Waals surface area contributed by atoms with Gasteiger partial charge in [-0.05, 0) is 101 Å². The van der Waals surface area contributed by atoms with E-state index in [0.29, 0.717) is 12.6 Å². The van der Waals surface area contributed by atoms with Gasteiger partial charge in [-0.15, -0.1) is 0 Å². The number of hydrogen-bond donors (Lipinski definition) is 3. The summed E-state index contributed by atoms with van der Waals surface area (Å²) in [5.41, 5.74) is 6.39. The Labute approximate surface area is 225 Å². The molecule has 1 fully saturated rings. The van der Waals surface area contributed by atoms with Gasteiger partial charge in [0.15, 0.2) is 0 Å². The summed E-state index contributed by atoms with van der Waals surface area (Å²) < 4.78 is 0. The fraction of sp³-hybridized carbons (Fsp3) is 0.484. The molecule has 0 radical (unpaired) electrons. The maximum atomic E-state index is 12.7. The highest BCUT2D eigenvalue weighted by molar-refractivity contribution is 6.02. The maximum Gasteiger partial charge on any atom is 0.253 e. The molecule has 2 aromatic heterocycles. The van der Waals surface area contributed by atoms with Crippen LogP contribution in [0.5, 0.6) is 0 Å². The van der Waals surface area contributed by atoms with E-state index in [1.54, 1.807) is 0 Å². The van der Waals surface area contributed by atoms with Gasteiger partial charge in [-0.2, -0.15) is 0 Å². The quantitative estimate of drug-likeness (QED) is 0.411. The van der Waals surface area contributed by atoms with E-state index >= 15 is 0 Å². The molecule has 1 aliphatic heterocycles. The number of benzene rings is 1. The number of H-pyrrole nitrogens is 1. The van der Waals surface area contributed by atoms with Crippen LogP contribution in [0.15, 0.2) is 41.3 Å². The average molecular weight is 516 g/mol. The van der Waals surface area contributed by atoms with Gasteiger partial charge in [0.2, 0.25) is 0 Å². The number of anilines is 2. The van der Waals surface area contributed by atoms with E-state index in [1.807, 2.05) is 26.1 Å². The monoisotopic (exact) mass is 515 g/mol. The first kappa shape index (κ1) is 26.4. The molecular weight excluding hydrogens is 474 g/mol. The van der Waals surface area contributed by atoms with Crippen LogP contribution >= 0.6 is 0 Å². The zero-order valence-corrected chi connectivity index (χ0v) is 23.2. The molecule has 5 rings (SSSR count). The third kappa shape index (κ3) is 5.49. The molecule has 7 heteroatoms. The minimum Gasteiger partial charge on any atom is -0.393 e. The van der Waals surface area contributed by atoms with Crippen LogP contribution in [0.2, 0.25) is 0 Å². The van der Waals surface area contributed by atoms with Crippen LogP contribution in [-0.2, 0) is 6.54 Å². The smallest absolute Gasteiger partial charge is 0.253 e. The second-order valence-corrected chi connectivity index (χ2v) is 11.0. The molecule has 3 aromatic rings. The van der Waals surface area contributed by atoms with Gasteiger partial charge in [-0.25, -0.2) is 4.98 Å². The molecule has 38 heavy (non-hydrogen) atoms. The zero-order chi connectivity index (χ0) is 26.8. The lowest BCUT2D eigenvalue weighted by atomic mass is 9.90. The lowest BCUT2D eigenvalue weighted by Gasteiger charge is -2.38. The van der Waals surface area contributed by atoms with Gasteiger partial charge in [0.1, 0.15) is 5.82 Å². The van der Waals surface area contributed by atoms with Crippen molar-refractivity contribution in [2.24, 2.45) is 0 Å². The van der Waals surface area contributed by atoms with Crippen LogP contribution in [0.3, 0.4) is 0 Å². The van der Waals surface area contributed by atoms with Gasteiger partial charge < -0.3 is 25.2 Å². The summed E-state index contributed by atoms with van der Waals surface area (Å²) in [6.07, 6.45) is 8.77. The summed E-state index contributed by atoms with van der Waals surface area (Å²) in [7, 11) is 2.16. The number of rotatable bonds is 7. The van der Waals surface area contributed by atoms with E-state index in [0.717, 1.165) is 79.8 Å². The number of hydrogen-bond acceptors (Lipinski definition) is 6. The second-order valence-electron chi connectivity index (χ2n) is 11.0. The van der Waals surface area contributed by atoms with Gasteiger partial charge >= 0.3 is 0 Å². The zero-order valence-electron chi connectivity index (χ0n) is 23.2. The summed E-state index contributed by atoms with van der Waals surface area (Å²) in [6, 6.07) is 9.18. The Bertz CT molecular complexity index is 1390. The Morgan fingerprint density at radius 2 is 1.95 bits per heavy atom. The molecule has 1 aromatic carbocycles. The van der Waals surface area contributed by atoms with Gasteiger partial charge in [0, 0.05) is 66.1 Å². The molecule has 0 amide bonds. The lowest BCUT2D eigenvalue weighted by Crippen LogP contribution is -2.39. The fourth-order valence-electron chi connectivity index (χ4n) is 6.13. The Morgan fingerprint density at radius 1 is 1.16 bits per heavy atom. The molecule has 3 heterocycles. The van der Waals surface area contributed by atoms with Crippen molar-refractivity contribution in [1.82, 2.24) is 14.9 Å². The first-order chi connectivity index (χ1) is 18.3. The molecule has 1 saturated carbocycles. The second kappa shape index (κ2) is 11.3. The highest BCUT2D eigenvalue weighted by Gasteiger charge is 2.26. The number of aliphatic hydroxyl groups excluding tert-OH is 1. The summed E-state index contributed by atoms with van der Waals surface area (Å²) in [4.78, 5) is 25.2. The number of aliphatic hydroxyl groups is 1. The van der Waals surface area contributed by atoms with Gasteiger partial charge in [-0.1, -0.05) is 6.08 Å². The van der Waals surface area contributed by atoms with Gasteiger partial charge in [0.05, 0.1) is 6.10 Å². The fourth-order valence-corrected chi connectivity index (χ4v) is 6.13. The summed E-state index contributed by atoms with van der Waals surface area (Å²) in [5, 5.41) is 15.9. The molecular formula is C31H41N5O2. The van der Waals surface area contributed by atoms with Crippen molar-refractivity contribution in [2.75, 3.05) is 36.9 Å². The molecule has 202 valence electrons. The predicted molar refractivity (Wildman–Crippen MR) is 157 cm³/mol. The van der Waals surface area contributed by atoms with Gasteiger partial charge in [-0.3, -0.25) is 4.79 Å². The topological polar surface area (TPSA) is 84.5 Å². The molecule has 0 saturated heterocycles. The van der Waals surface area contributed by atoms with Crippen molar-refractivity contribution in [3.8, 4) is 0 Å². The minimum absolute atomic E-state index is 0.0512. The summed E-state index contributed by atoms with van der Waals surface area (Å²) in [6.45, 7) is 9.44. The highest BCUT2D eigenvalue weighted by Crippen LogP contribution is 2.38. The molecule has 0 unspecified atom stereocenters. The molecule has 0 bridgehead atoms. The summed E-state index contributed by atoms with van der Waals surface area (Å²) in [5.74, 6) is 0.800. The molecule has 1 aliphatic carbocycles. The Morgan fingerprint density at radius 3 is 2.63 bits per heavy atom. The molecule has 0 atom stereocenters. The number of nitrogens with one attached hydrogen (secondary N) is 2. The van der Waals surface area contributed by atoms with Crippen molar-refractivity contribution in [2.45, 2.75) is 71.6 Å². The average Bonchev–Trinajstić information content (AvgIpc) is 2.90. The number of aryl methyl sites for hydroxylation is 2. The van der Waals surface area contributed by atoms with E-state index in [2.05, 4.69) is 58.3 Å². The van der Waals surface area contributed by atoms with Crippen LogP contribution in [0, 0.1) is 13.8 Å². The molecule has 3 N–H and O–H groups in total. The van der Waals surface area contributed by atoms with E-state index in [4.69, 9.17) is 4.98 Å². The molecule has 7 nitrogen and oxygen atoms in total. The highest BCUT2D eigenvalue weighted by atomic mass is 16.3. The molecule has 2 aliphatic rings. The van der Waals surface area contributed by atoms with Crippen LogP contribution in [0.1, 0.15) is 61.4 Å². The number of aromatic amines is 1. The van der Waals surface area contributed by atoms with Crippen LogP contribution in [-0.4, -0.2) is 58.8 Å². The van der Waals surface area contributed by atoms with E-state index < -0.39 is 0 Å². The molecule has 0 spiro atoms. The van der Waals surface area contributed by atoms with E-state index in [1.165, 1.54) is 22.2 Å². The number of pyridine rings is 2. The van der Waals surface area contributed by atoms with Crippen LogP contribution < -0.4 is 15.8 Å². The number of nitrogens with zero attached hydrogens (tertiary/aromatic N) is 3. The van der Waals surface area contributed by atoms with Crippen LogP contribution in [0.4, 0.5) is 11.5 Å². The van der Waals surface area contributed by atoms with Crippen molar-refractivity contribution in [1.29, 1.82) is 0 Å². The normalized spacial score (nSPS) is 20.4. The third-order valence-corrected chi connectivity index (χ3v) is 8.32. The number of aromatic nitrogens is 2. The van der Waals surface area contributed by atoms with Crippen molar-refractivity contribution in [3.05, 3.63) is 69.3 Å². The van der Waals surface area contributed by atoms with E-state index in [9.17, 15) is 9.90 Å². The standard InChI is InChI=1S/C31H41N5O2/c1-5-36(24-6-8-25(37)9-7-24)29-18-23(22-11-14-35(4)15-12-22)17-27-26(29)10-13-32-30(27)33-19-28-20(2)16-21(3)34-31(28)38/h10-11,13,16-18,24-25,37H,5-9,12,14-15,19H2,1-4H3,(H,32,33)(H,34,38). The largest absolute Gasteiger partial charge is 0.393 e. The SMILES string of the molecule is CCN(c1cc(C2=CCN(C)CC2)cc2c(NCc3c(C)cc(C)[nH]c3=O)nccc12)C1CCC(O)CC1. The third-order valence-electron chi connectivity index (χ3n) is 8.32. The Kier molecular flexibility index (Phi) is 7.86. The summed E-state index contributed by atoms with van der Waals surface area (Å²) >= 11 is 0. The minimum atomic E-state index is -0.175. The maximum absolute atomic E-state index is 12.7. The Balaban J connectivity index is 1.58.